The van der Waals surface area contributed by atoms with Crippen LogP contribution in [-0.4, -0.2) is 35.1 Å². The summed E-state index contributed by atoms with van der Waals surface area (Å²) in [6.45, 7) is 3.11. The quantitative estimate of drug-likeness (QED) is 0.882. The number of hydrogen-bond acceptors (Lipinski definition) is 3. The lowest BCUT2D eigenvalue weighted by Gasteiger charge is -2.15. The minimum atomic E-state index is -0.359. The van der Waals surface area contributed by atoms with Gasteiger partial charge in [-0.25, -0.2) is 0 Å². The summed E-state index contributed by atoms with van der Waals surface area (Å²) >= 11 is 0. The standard InChI is InChI=1S/C17H19NO3/c1-12(19)14-8-9-18(11-14)17(20)7-6-15-10-13-4-2-3-5-16(13)21-15/h2-7,10,12,14,19H,8-9,11H2,1H3/b7-6+. The normalized spacial score (nSPS) is 20.5. The Labute approximate surface area is 123 Å². The summed E-state index contributed by atoms with van der Waals surface area (Å²) in [6.07, 6.45) is 3.75. The van der Waals surface area contributed by atoms with Gasteiger partial charge in [0.2, 0.25) is 5.91 Å². The SMILES string of the molecule is CC(O)C1CCN(C(=O)/C=C/c2cc3ccccc3o2)C1. The lowest BCUT2D eigenvalue weighted by Crippen LogP contribution is -2.28. The average Bonchev–Trinajstić information content (AvgIpc) is 3.11. The van der Waals surface area contributed by atoms with Crippen LogP contribution in [0.25, 0.3) is 17.0 Å². The molecule has 1 aromatic carbocycles. The van der Waals surface area contributed by atoms with Crippen LogP contribution in [0.3, 0.4) is 0 Å². The van der Waals surface area contributed by atoms with E-state index in [-0.39, 0.29) is 17.9 Å². The van der Waals surface area contributed by atoms with Crippen molar-refractivity contribution in [3.63, 3.8) is 0 Å². The highest BCUT2D eigenvalue weighted by atomic mass is 16.3. The predicted octanol–water partition coefficient (Wildman–Crippen LogP) is 2.68. The Balaban J connectivity index is 1.67. The zero-order chi connectivity index (χ0) is 14.8. The van der Waals surface area contributed by atoms with Gasteiger partial charge in [0.25, 0.3) is 0 Å². The van der Waals surface area contributed by atoms with E-state index >= 15 is 0 Å². The van der Waals surface area contributed by atoms with E-state index < -0.39 is 0 Å². The number of amides is 1. The van der Waals surface area contributed by atoms with Gasteiger partial charge in [-0.3, -0.25) is 4.79 Å². The van der Waals surface area contributed by atoms with Crippen LogP contribution in [-0.2, 0) is 4.79 Å². The van der Waals surface area contributed by atoms with E-state index in [0.717, 1.165) is 17.4 Å². The Morgan fingerprint density at radius 2 is 2.29 bits per heavy atom. The maximum atomic E-state index is 12.1. The van der Waals surface area contributed by atoms with Gasteiger partial charge in [-0.1, -0.05) is 18.2 Å². The number of aliphatic hydroxyl groups excluding tert-OH is 1. The fourth-order valence-electron chi connectivity index (χ4n) is 2.72. The summed E-state index contributed by atoms with van der Waals surface area (Å²) in [4.78, 5) is 13.9. The van der Waals surface area contributed by atoms with E-state index in [9.17, 15) is 9.90 Å². The Morgan fingerprint density at radius 1 is 1.48 bits per heavy atom. The Kier molecular flexibility index (Phi) is 3.80. The van der Waals surface area contributed by atoms with E-state index in [1.165, 1.54) is 0 Å². The third-order valence-electron chi connectivity index (χ3n) is 4.05. The second kappa shape index (κ2) is 5.74. The fourth-order valence-corrected chi connectivity index (χ4v) is 2.72. The molecule has 1 saturated heterocycles. The molecule has 1 aliphatic rings. The lowest BCUT2D eigenvalue weighted by molar-refractivity contribution is -0.125. The first kappa shape index (κ1) is 13.9. The highest BCUT2D eigenvalue weighted by Crippen LogP contribution is 2.21. The summed E-state index contributed by atoms with van der Waals surface area (Å²) < 4.78 is 5.64. The fraction of sp³-hybridized carbons (Fsp3) is 0.353. The minimum absolute atomic E-state index is 0.0291. The van der Waals surface area contributed by atoms with Gasteiger partial charge in [-0.05, 0) is 31.6 Å². The molecule has 1 fully saturated rings. The third-order valence-corrected chi connectivity index (χ3v) is 4.05. The number of fused-ring (bicyclic) bond motifs is 1. The van der Waals surface area contributed by atoms with Crippen LogP contribution in [0.15, 0.2) is 40.8 Å². The zero-order valence-electron chi connectivity index (χ0n) is 12.0. The summed E-state index contributed by atoms with van der Waals surface area (Å²) in [6, 6.07) is 9.68. The average molecular weight is 285 g/mol. The second-order valence-electron chi connectivity index (χ2n) is 5.59. The molecule has 0 aliphatic carbocycles. The summed E-state index contributed by atoms with van der Waals surface area (Å²) in [7, 11) is 0. The first-order chi connectivity index (χ1) is 10.1. The van der Waals surface area contributed by atoms with Crippen LogP contribution in [0.2, 0.25) is 0 Å². The number of carbonyl (C=O) groups is 1. The first-order valence-electron chi connectivity index (χ1n) is 7.27. The number of benzene rings is 1. The molecule has 21 heavy (non-hydrogen) atoms. The summed E-state index contributed by atoms with van der Waals surface area (Å²) in [5, 5.41) is 10.6. The van der Waals surface area contributed by atoms with Crippen LogP contribution < -0.4 is 0 Å². The molecule has 1 amide bonds. The number of hydrogen-bond donors (Lipinski definition) is 1. The molecule has 0 spiro atoms. The van der Waals surface area contributed by atoms with E-state index in [4.69, 9.17) is 4.42 Å². The summed E-state index contributed by atoms with van der Waals surface area (Å²) in [5.74, 6) is 0.836. The van der Waals surface area contributed by atoms with Crippen molar-refractivity contribution >= 4 is 23.0 Å². The summed E-state index contributed by atoms with van der Waals surface area (Å²) in [5.41, 5.74) is 0.819. The number of aliphatic hydroxyl groups is 1. The van der Waals surface area contributed by atoms with Gasteiger partial charge in [0, 0.05) is 30.5 Å². The number of para-hydroxylation sites is 1. The van der Waals surface area contributed by atoms with Crippen molar-refractivity contribution < 1.29 is 14.3 Å². The van der Waals surface area contributed by atoms with Gasteiger partial charge < -0.3 is 14.4 Å². The van der Waals surface area contributed by atoms with Crippen LogP contribution in [0.1, 0.15) is 19.1 Å². The number of nitrogens with zero attached hydrogens (tertiary/aromatic N) is 1. The molecule has 1 aromatic heterocycles. The van der Waals surface area contributed by atoms with Gasteiger partial charge >= 0.3 is 0 Å². The first-order valence-corrected chi connectivity index (χ1v) is 7.27. The van der Waals surface area contributed by atoms with Crippen molar-refractivity contribution in [3.05, 3.63) is 42.2 Å². The van der Waals surface area contributed by atoms with Gasteiger partial charge in [0.15, 0.2) is 0 Å². The predicted molar refractivity (Wildman–Crippen MR) is 81.6 cm³/mol. The molecule has 0 saturated carbocycles. The molecule has 0 radical (unpaired) electrons. The van der Waals surface area contributed by atoms with Crippen LogP contribution in [0.5, 0.6) is 0 Å². The maximum absolute atomic E-state index is 12.1. The highest BCUT2D eigenvalue weighted by molar-refractivity contribution is 5.92. The molecule has 1 N–H and O–H groups in total. The van der Waals surface area contributed by atoms with E-state index in [2.05, 4.69) is 0 Å². The number of furan rings is 1. The van der Waals surface area contributed by atoms with Crippen LogP contribution in [0, 0.1) is 5.92 Å². The van der Waals surface area contributed by atoms with E-state index in [1.54, 1.807) is 24.0 Å². The molecule has 0 bridgehead atoms. The molecule has 1 aliphatic heterocycles. The Bertz CT molecular complexity index is 638. The molecular formula is C17H19NO3. The van der Waals surface area contributed by atoms with Gasteiger partial charge in [0.05, 0.1) is 6.10 Å². The smallest absolute Gasteiger partial charge is 0.246 e. The van der Waals surface area contributed by atoms with Gasteiger partial charge in [0.1, 0.15) is 11.3 Å². The van der Waals surface area contributed by atoms with Crippen molar-refractivity contribution in [2.75, 3.05) is 13.1 Å². The Hall–Kier alpha value is -2.07. The van der Waals surface area contributed by atoms with Gasteiger partial charge in [-0.15, -0.1) is 0 Å². The van der Waals surface area contributed by atoms with Crippen molar-refractivity contribution in [2.45, 2.75) is 19.4 Å². The van der Waals surface area contributed by atoms with Crippen molar-refractivity contribution in [1.29, 1.82) is 0 Å². The largest absolute Gasteiger partial charge is 0.457 e. The minimum Gasteiger partial charge on any atom is -0.457 e. The molecule has 2 atom stereocenters. The molecule has 2 unspecified atom stereocenters. The molecule has 2 aromatic rings. The van der Waals surface area contributed by atoms with Crippen molar-refractivity contribution in [1.82, 2.24) is 4.90 Å². The van der Waals surface area contributed by atoms with Gasteiger partial charge in [-0.2, -0.15) is 0 Å². The lowest BCUT2D eigenvalue weighted by atomic mass is 10.0. The van der Waals surface area contributed by atoms with E-state index in [1.807, 2.05) is 30.3 Å². The second-order valence-corrected chi connectivity index (χ2v) is 5.59. The zero-order valence-corrected chi connectivity index (χ0v) is 12.0. The van der Waals surface area contributed by atoms with Crippen molar-refractivity contribution in [2.24, 2.45) is 5.92 Å². The molecule has 4 nitrogen and oxygen atoms in total. The topological polar surface area (TPSA) is 53.7 Å². The van der Waals surface area contributed by atoms with Crippen molar-refractivity contribution in [3.8, 4) is 0 Å². The monoisotopic (exact) mass is 285 g/mol. The van der Waals surface area contributed by atoms with Crippen LogP contribution >= 0.6 is 0 Å². The third kappa shape index (κ3) is 3.00. The number of likely N-dealkylation sites (tertiary alicyclic amines) is 1. The molecule has 3 rings (SSSR count). The number of carbonyl (C=O) groups excluding carboxylic acids is 1. The van der Waals surface area contributed by atoms with E-state index in [0.29, 0.717) is 18.8 Å². The Morgan fingerprint density at radius 3 is 3.00 bits per heavy atom. The highest BCUT2D eigenvalue weighted by Gasteiger charge is 2.27. The molecule has 110 valence electrons. The van der Waals surface area contributed by atoms with Crippen LogP contribution in [0.4, 0.5) is 0 Å². The molecule has 2 heterocycles. The molecule has 4 heteroatoms. The maximum Gasteiger partial charge on any atom is 0.246 e. The number of rotatable bonds is 3. The molecular weight excluding hydrogens is 266 g/mol.